The summed E-state index contributed by atoms with van der Waals surface area (Å²) in [5, 5.41) is 3.34. The highest BCUT2D eigenvalue weighted by atomic mass is 16.5. The molecule has 2 aliphatic heterocycles. The fourth-order valence-electron chi connectivity index (χ4n) is 2.66. The van der Waals surface area contributed by atoms with Crippen molar-refractivity contribution >= 4 is 0 Å². The molecule has 2 aliphatic rings. The second-order valence-corrected chi connectivity index (χ2v) is 5.43. The number of methoxy groups -OCH3 is 1. The maximum absolute atomic E-state index is 5.96. The number of ether oxygens (including phenoxy) is 3. The van der Waals surface area contributed by atoms with Gasteiger partial charge in [0, 0.05) is 26.2 Å². The molecule has 1 atom stereocenters. The van der Waals surface area contributed by atoms with Crippen LogP contribution in [0.5, 0.6) is 11.5 Å². The van der Waals surface area contributed by atoms with Gasteiger partial charge in [0.15, 0.2) is 11.5 Å². The Kier molecular flexibility index (Phi) is 4.10. The summed E-state index contributed by atoms with van der Waals surface area (Å²) in [6.07, 6.45) is 0.369. The van der Waals surface area contributed by atoms with Crippen molar-refractivity contribution in [3.05, 3.63) is 23.8 Å². The van der Waals surface area contributed by atoms with Crippen LogP contribution in [0.2, 0.25) is 0 Å². The van der Waals surface area contributed by atoms with E-state index in [-0.39, 0.29) is 12.2 Å². The van der Waals surface area contributed by atoms with Crippen LogP contribution in [0, 0.1) is 0 Å². The van der Waals surface area contributed by atoms with Gasteiger partial charge >= 0.3 is 0 Å². The second-order valence-electron chi connectivity index (χ2n) is 5.43. The molecular formula is C15H22N2O3. The van der Waals surface area contributed by atoms with E-state index in [9.17, 15) is 0 Å². The summed E-state index contributed by atoms with van der Waals surface area (Å²) < 4.78 is 17.2. The van der Waals surface area contributed by atoms with E-state index in [0.29, 0.717) is 0 Å². The Labute approximate surface area is 119 Å². The van der Waals surface area contributed by atoms with Crippen LogP contribution in [-0.2, 0) is 4.74 Å². The molecule has 2 heterocycles. The molecule has 0 radical (unpaired) electrons. The van der Waals surface area contributed by atoms with Crippen LogP contribution in [0.15, 0.2) is 18.2 Å². The minimum atomic E-state index is 0.0986. The highest BCUT2D eigenvalue weighted by Gasteiger charge is 2.26. The molecule has 1 aromatic rings. The first-order valence-corrected chi connectivity index (χ1v) is 7.11. The van der Waals surface area contributed by atoms with Crippen LogP contribution < -0.4 is 14.8 Å². The van der Waals surface area contributed by atoms with E-state index >= 15 is 0 Å². The summed E-state index contributed by atoms with van der Waals surface area (Å²) in [5.41, 5.74) is 1.13. The first-order chi connectivity index (χ1) is 9.76. The fourth-order valence-corrected chi connectivity index (χ4v) is 2.66. The predicted octanol–water partition coefficient (Wildman–Crippen LogP) is 1.05. The van der Waals surface area contributed by atoms with Crippen molar-refractivity contribution in [2.45, 2.75) is 12.2 Å². The summed E-state index contributed by atoms with van der Waals surface area (Å²) in [6.45, 7) is 4.46. The number of nitrogens with zero attached hydrogens (tertiary/aromatic N) is 1. The molecule has 0 amide bonds. The molecule has 0 aliphatic carbocycles. The number of nitrogens with one attached hydrogen (secondary N) is 1. The topological polar surface area (TPSA) is 43.0 Å². The minimum Gasteiger partial charge on any atom is -0.493 e. The minimum absolute atomic E-state index is 0.0986. The summed E-state index contributed by atoms with van der Waals surface area (Å²) >= 11 is 0. The third-order valence-electron chi connectivity index (χ3n) is 3.81. The van der Waals surface area contributed by atoms with Crippen LogP contribution in [0.4, 0.5) is 0 Å². The van der Waals surface area contributed by atoms with E-state index < -0.39 is 0 Å². The van der Waals surface area contributed by atoms with Gasteiger partial charge in [0.1, 0.15) is 6.10 Å². The van der Waals surface area contributed by atoms with Crippen molar-refractivity contribution in [3.8, 4) is 11.5 Å². The Bertz CT molecular complexity index is 454. The van der Waals surface area contributed by atoms with Crippen molar-refractivity contribution in [1.29, 1.82) is 0 Å². The normalized spacial score (nSPS) is 24.2. The van der Waals surface area contributed by atoms with Crippen molar-refractivity contribution in [2.24, 2.45) is 0 Å². The molecule has 5 heteroatoms. The predicted molar refractivity (Wildman–Crippen MR) is 76.5 cm³/mol. The Morgan fingerprint density at radius 1 is 1.30 bits per heavy atom. The summed E-state index contributed by atoms with van der Waals surface area (Å²) in [5.74, 6) is 1.60. The lowest BCUT2D eigenvalue weighted by molar-refractivity contribution is 0.0269. The van der Waals surface area contributed by atoms with Crippen LogP contribution >= 0.6 is 0 Å². The van der Waals surface area contributed by atoms with Gasteiger partial charge in [-0.25, -0.2) is 0 Å². The van der Waals surface area contributed by atoms with Gasteiger partial charge in [-0.1, -0.05) is 6.07 Å². The molecule has 0 aromatic heterocycles. The summed E-state index contributed by atoms with van der Waals surface area (Å²) in [7, 11) is 3.77. The number of rotatable bonds is 4. The van der Waals surface area contributed by atoms with E-state index in [1.165, 1.54) is 0 Å². The molecule has 110 valence electrons. The largest absolute Gasteiger partial charge is 0.493 e. The number of benzene rings is 1. The third kappa shape index (κ3) is 2.90. The number of hydrogen-bond donors (Lipinski definition) is 1. The number of likely N-dealkylation sites (N-methyl/N-ethyl adjacent to an activating group) is 1. The molecule has 0 bridgehead atoms. The number of hydrogen-bond acceptors (Lipinski definition) is 5. The Morgan fingerprint density at radius 2 is 2.15 bits per heavy atom. The van der Waals surface area contributed by atoms with Crippen molar-refractivity contribution in [2.75, 3.05) is 46.9 Å². The average molecular weight is 278 g/mol. The maximum atomic E-state index is 5.96. The number of likely N-dealkylation sites (tertiary alicyclic amines) is 1. The molecule has 1 aromatic carbocycles. The van der Waals surface area contributed by atoms with E-state index in [1.807, 2.05) is 12.1 Å². The molecule has 2 fully saturated rings. The fraction of sp³-hybridized carbons (Fsp3) is 0.600. The molecule has 5 nitrogen and oxygen atoms in total. The standard InChI is InChI=1S/C15H22N2O3/c1-17-9-12(10-17)20-13-4-3-11(7-14(13)18-2)15-8-16-5-6-19-15/h3-4,7,12,15-16H,5-6,8-10H2,1-2H3. The van der Waals surface area contributed by atoms with Crippen LogP contribution in [0.3, 0.4) is 0 Å². The zero-order valence-corrected chi connectivity index (χ0v) is 12.1. The Morgan fingerprint density at radius 3 is 2.80 bits per heavy atom. The maximum Gasteiger partial charge on any atom is 0.161 e. The van der Waals surface area contributed by atoms with Gasteiger partial charge in [0.05, 0.1) is 19.8 Å². The molecular weight excluding hydrogens is 256 g/mol. The first-order valence-electron chi connectivity index (χ1n) is 7.11. The highest BCUT2D eigenvalue weighted by Crippen LogP contribution is 2.33. The van der Waals surface area contributed by atoms with Gasteiger partial charge in [0.2, 0.25) is 0 Å². The lowest BCUT2D eigenvalue weighted by atomic mass is 10.1. The summed E-state index contributed by atoms with van der Waals surface area (Å²) in [4.78, 5) is 2.23. The van der Waals surface area contributed by atoms with Gasteiger partial charge in [0.25, 0.3) is 0 Å². The van der Waals surface area contributed by atoms with Gasteiger partial charge in [-0.05, 0) is 24.7 Å². The third-order valence-corrected chi connectivity index (χ3v) is 3.81. The molecule has 20 heavy (non-hydrogen) atoms. The van der Waals surface area contributed by atoms with Crippen molar-refractivity contribution in [1.82, 2.24) is 10.2 Å². The van der Waals surface area contributed by atoms with Gasteiger partial charge < -0.3 is 19.5 Å². The molecule has 0 saturated carbocycles. The van der Waals surface area contributed by atoms with Crippen LogP contribution in [-0.4, -0.2) is 57.9 Å². The lowest BCUT2D eigenvalue weighted by Gasteiger charge is -2.36. The Hall–Kier alpha value is -1.30. The lowest BCUT2D eigenvalue weighted by Crippen LogP contribution is -2.51. The van der Waals surface area contributed by atoms with Crippen molar-refractivity contribution < 1.29 is 14.2 Å². The van der Waals surface area contributed by atoms with E-state index in [1.54, 1.807) is 7.11 Å². The zero-order chi connectivity index (χ0) is 13.9. The number of morpholine rings is 1. The van der Waals surface area contributed by atoms with Crippen LogP contribution in [0.1, 0.15) is 11.7 Å². The summed E-state index contributed by atoms with van der Waals surface area (Å²) in [6, 6.07) is 6.08. The van der Waals surface area contributed by atoms with E-state index in [2.05, 4.69) is 23.3 Å². The van der Waals surface area contributed by atoms with Crippen molar-refractivity contribution in [3.63, 3.8) is 0 Å². The monoisotopic (exact) mass is 278 g/mol. The zero-order valence-electron chi connectivity index (χ0n) is 12.1. The van der Waals surface area contributed by atoms with Gasteiger partial charge in [-0.3, -0.25) is 4.90 Å². The van der Waals surface area contributed by atoms with Gasteiger partial charge in [-0.15, -0.1) is 0 Å². The highest BCUT2D eigenvalue weighted by molar-refractivity contribution is 5.44. The SMILES string of the molecule is COc1cc(C2CNCCO2)ccc1OC1CN(C)C1. The quantitative estimate of drug-likeness (QED) is 0.892. The second kappa shape index (κ2) is 5.99. The van der Waals surface area contributed by atoms with Crippen LogP contribution in [0.25, 0.3) is 0 Å². The van der Waals surface area contributed by atoms with Gasteiger partial charge in [-0.2, -0.15) is 0 Å². The van der Waals surface area contributed by atoms with E-state index in [0.717, 1.165) is 49.8 Å². The first kappa shape index (κ1) is 13.7. The van der Waals surface area contributed by atoms with E-state index in [4.69, 9.17) is 14.2 Å². The average Bonchev–Trinajstić information content (AvgIpc) is 2.47. The smallest absolute Gasteiger partial charge is 0.161 e. The molecule has 1 unspecified atom stereocenters. The molecule has 2 saturated heterocycles. The molecule has 1 N–H and O–H groups in total. The molecule has 0 spiro atoms. The molecule has 3 rings (SSSR count). The Balaban J connectivity index is 1.71.